The number of nitrogens with zero attached hydrogens (tertiary/aromatic N) is 1. The molecule has 0 aromatic heterocycles. The second-order valence-corrected chi connectivity index (χ2v) is 8.54. The minimum Gasteiger partial charge on any atom is -0.354 e. The molecule has 0 heterocycles. The number of carbonyl (C=O) groups excluding carboxylic acids is 1. The van der Waals surface area contributed by atoms with Crippen LogP contribution in [-0.4, -0.2) is 33.7 Å². The standard InChI is InChI=1S/C20H26N2O3S/c1-15-11-16(2)13-19(12-15)22(26(4,24)25)10-9-21-20(23)14-18-8-6-5-7-17(18)3/h5-8,11-13H,9-10,14H2,1-4H3,(H,21,23). The summed E-state index contributed by atoms with van der Waals surface area (Å²) in [7, 11) is -3.43. The molecule has 0 atom stereocenters. The SMILES string of the molecule is Cc1cc(C)cc(N(CCNC(=O)Cc2ccccc2C)S(C)(=O)=O)c1. The number of sulfonamides is 1. The van der Waals surface area contributed by atoms with Crippen LogP contribution in [0.1, 0.15) is 22.3 Å². The maximum absolute atomic E-state index is 12.2. The Morgan fingerprint density at radius 1 is 1.04 bits per heavy atom. The van der Waals surface area contributed by atoms with Gasteiger partial charge in [0.1, 0.15) is 0 Å². The molecule has 0 aliphatic rings. The topological polar surface area (TPSA) is 66.5 Å². The zero-order valence-electron chi connectivity index (χ0n) is 15.7. The highest BCUT2D eigenvalue weighted by Gasteiger charge is 2.18. The number of rotatable bonds is 7. The Morgan fingerprint density at radius 3 is 2.23 bits per heavy atom. The van der Waals surface area contributed by atoms with Crippen molar-refractivity contribution in [2.75, 3.05) is 23.7 Å². The summed E-state index contributed by atoms with van der Waals surface area (Å²) >= 11 is 0. The van der Waals surface area contributed by atoms with Crippen LogP contribution < -0.4 is 9.62 Å². The molecule has 0 saturated carbocycles. The van der Waals surface area contributed by atoms with Crippen LogP contribution in [-0.2, 0) is 21.2 Å². The normalized spacial score (nSPS) is 11.2. The zero-order valence-corrected chi connectivity index (χ0v) is 16.6. The fourth-order valence-electron chi connectivity index (χ4n) is 2.92. The second kappa shape index (κ2) is 8.36. The summed E-state index contributed by atoms with van der Waals surface area (Å²) in [5.41, 5.74) is 4.66. The van der Waals surface area contributed by atoms with E-state index in [1.165, 1.54) is 10.6 Å². The maximum atomic E-state index is 12.2. The number of carbonyl (C=O) groups is 1. The third-order valence-corrected chi connectivity index (χ3v) is 5.34. The first-order chi connectivity index (χ1) is 12.2. The van der Waals surface area contributed by atoms with Crippen LogP contribution in [0.4, 0.5) is 5.69 Å². The molecule has 0 aliphatic heterocycles. The summed E-state index contributed by atoms with van der Waals surface area (Å²) in [6.07, 6.45) is 1.47. The van der Waals surface area contributed by atoms with Gasteiger partial charge in [-0.15, -0.1) is 0 Å². The van der Waals surface area contributed by atoms with Gasteiger partial charge in [-0.3, -0.25) is 9.10 Å². The molecule has 2 aromatic carbocycles. The summed E-state index contributed by atoms with van der Waals surface area (Å²) in [6.45, 7) is 6.28. The predicted octanol–water partition coefficient (Wildman–Crippen LogP) is 2.74. The van der Waals surface area contributed by atoms with Crippen molar-refractivity contribution >= 4 is 21.6 Å². The first-order valence-electron chi connectivity index (χ1n) is 8.54. The molecule has 140 valence electrons. The van der Waals surface area contributed by atoms with Crippen LogP contribution in [0.15, 0.2) is 42.5 Å². The Bertz CT molecular complexity index is 871. The van der Waals surface area contributed by atoms with Gasteiger partial charge in [0.15, 0.2) is 0 Å². The summed E-state index contributed by atoms with van der Waals surface area (Å²) < 4.78 is 25.7. The molecular weight excluding hydrogens is 348 g/mol. The smallest absolute Gasteiger partial charge is 0.232 e. The lowest BCUT2D eigenvalue weighted by Crippen LogP contribution is -2.38. The van der Waals surface area contributed by atoms with Crippen molar-refractivity contribution in [3.05, 3.63) is 64.7 Å². The molecule has 0 unspecified atom stereocenters. The maximum Gasteiger partial charge on any atom is 0.232 e. The molecular formula is C20H26N2O3S. The van der Waals surface area contributed by atoms with E-state index in [0.29, 0.717) is 5.69 Å². The van der Waals surface area contributed by atoms with Gasteiger partial charge in [0.25, 0.3) is 0 Å². The fourth-order valence-corrected chi connectivity index (χ4v) is 3.83. The van der Waals surface area contributed by atoms with E-state index in [0.717, 1.165) is 22.3 Å². The monoisotopic (exact) mass is 374 g/mol. The Balaban J connectivity index is 2.02. The largest absolute Gasteiger partial charge is 0.354 e. The van der Waals surface area contributed by atoms with Crippen molar-refractivity contribution in [1.82, 2.24) is 5.32 Å². The first-order valence-corrected chi connectivity index (χ1v) is 10.4. The van der Waals surface area contributed by atoms with E-state index >= 15 is 0 Å². The molecule has 5 nitrogen and oxygen atoms in total. The van der Waals surface area contributed by atoms with Crippen molar-refractivity contribution in [2.24, 2.45) is 0 Å². The predicted molar refractivity (Wildman–Crippen MR) is 106 cm³/mol. The van der Waals surface area contributed by atoms with Gasteiger partial charge in [-0.1, -0.05) is 30.3 Å². The van der Waals surface area contributed by atoms with E-state index in [9.17, 15) is 13.2 Å². The van der Waals surface area contributed by atoms with Gasteiger partial charge < -0.3 is 5.32 Å². The number of anilines is 1. The number of nitrogens with one attached hydrogen (secondary N) is 1. The summed E-state index contributed by atoms with van der Waals surface area (Å²) in [6, 6.07) is 13.4. The summed E-state index contributed by atoms with van der Waals surface area (Å²) in [5.74, 6) is -0.117. The van der Waals surface area contributed by atoms with Gasteiger partial charge in [-0.25, -0.2) is 8.42 Å². The molecule has 1 amide bonds. The lowest BCUT2D eigenvalue weighted by Gasteiger charge is -2.23. The molecule has 0 bridgehead atoms. The lowest BCUT2D eigenvalue weighted by molar-refractivity contribution is -0.120. The van der Waals surface area contributed by atoms with E-state index in [1.807, 2.05) is 63.2 Å². The van der Waals surface area contributed by atoms with E-state index in [1.54, 1.807) is 0 Å². The van der Waals surface area contributed by atoms with Crippen LogP contribution in [0.2, 0.25) is 0 Å². The van der Waals surface area contributed by atoms with Crippen LogP contribution in [0.25, 0.3) is 0 Å². The molecule has 2 rings (SSSR count). The molecule has 0 aliphatic carbocycles. The van der Waals surface area contributed by atoms with E-state index in [-0.39, 0.29) is 25.4 Å². The van der Waals surface area contributed by atoms with Gasteiger partial charge in [-0.05, 0) is 55.2 Å². The Hall–Kier alpha value is -2.34. The van der Waals surface area contributed by atoms with Crippen LogP contribution >= 0.6 is 0 Å². The molecule has 0 radical (unpaired) electrons. The Kier molecular flexibility index (Phi) is 6.42. The van der Waals surface area contributed by atoms with Gasteiger partial charge in [-0.2, -0.15) is 0 Å². The Morgan fingerprint density at radius 2 is 1.65 bits per heavy atom. The van der Waals surface area contributed by atoms with Crippen molar-refractivity contribution in [1.29, 1.82) is 0 Å². The van der Waals surface area contributed by atoms with Crippen molar-refractivity contribution < 1.29 is 13.2 Å². The average Bonchev–Trinajstić information content (AvgIpc) is 2.51. The van der Waals surface area contributed by atoms with E-state index in [4.69, 9.17) is 0 Å². The number of hydrogen-bond acceptors (Lipinski definition) is 3. The highest BCUT2D eigenvalue weighted by molar-refractivity contribution is 7.92. The quantitative estimate of drug-likeness (QED) is 0.810. The first kappa shape index (κ1) is 20.0. The van der Waals surface area contributed by atoms with E-state index < -0.39 is 10.0 Å². The van der Waals surface area contributed by atoms with E-state index in [2.05, 4.69) is 5.32 Å². The number of amides is 1. The average molecular weight is 375 g/mol. The summed E-state index contributed by atoms with van der Waals surface area (Å²) in [5, 5.41) is 2.81. The van der Waals surface area contributed by atoms with Crippen molar-refractivity contribution in [3.63, 3.8) is 0 Å². The molecule has 1 N–H and O–H groups in total. The van der Waals surface area contributed by atoms with Crippen LogP contribution in [0.3, 0.4) is 0 Å². The summed E-state index contributed by atoms with van der Waals surface area (Å²) in [4.78, 5) is 12.2. The molecule has 6 heteroatoms. The number of aryl methyl sites for hydroxylation is 3. The minimum absolute atomic E-state index is 0.117. The third kappa shape index (κ3) is 5.59. The minimum atomic E-state index is -3.43. The van der Waals surface area contributed by atoms with Gasteiger partial charge >= 0.3 is 0 Å². The van der Waals surface area contributed by atoms with Gasteiger partial charge in [0.2, 0.25) is 15.9 Å². The third-order valence-electron chi connectivity index (χ3n) is 4.14. The molecule has 0 saturated heterocycles. The highest BCUT2D eigenvalue weighted by atomic mass is 32.2. The van der Waals surface area contributed by atoms with Crippen LogP contribution in [0.5, 0.6) is 0 Å². The highest BCUT2D eigenvalue weighted by Crippen LogP contribution is 2.20. The van der Waals surface area contributed by atoms with Gasteiger partial charge in [0, 0.05) is 6.54 Å². The molecule has 0 fully saturated rings. The lowest BCUT2D eigenvalue weighted by atomic mass is 10.1. The van der Waals surface area contributed by atoms with Crippen molar-refractivity contribution in [2.45, 2.75) is 27.2 Å². The fraction of sp³-hybridized carbons (Fsp3) is 0.350. The van der Waals surface area contributed by atoms with Gasteiger partial charge in [0.05, 0.1) is 24.9 Å². The molecule has 2 aromatic rings. The molecule has 26 heavy (non-hydrogen) atoms. The van der Waals surface area contributed by atoms with Crippen LogP contribution in [0, 0.1) is 20.8 Å². The van der Waals surface area contributed by atoms with Crippen molar-refractivity contribution in [3.8, 4) is 0 Å². The molecule has 0 spiro atoms. The number of hydrogen-bond donors (Lipinski definition) is 1. The zero-order chi connectivity index (χ0) is 19.3. The number of benzene rings is 2. The second-order valence-electron chi connectivity index (χ2n) is 6.63. The Labute approximate surface area is 156 Å².